The number of nitrogens with zero attached hydrogens (tertiary/aromatic N) is 5. The summed E-state index contributed by atoms with van der Waals surface area (Å²) in [5, 5.41) is 15.2. The van der Waals surface area contributed by atoms with Crippen molar-refractivity contribution in [2.45, 2.75) is 0 Å². The standard InChI is InChI=1S/C30H36ClFN6O3/c1-35(2)9-10-38(20-39)27-4-3-21(15-26(27)31)24-16-22(32)17-25(30(24)40)29-28(37-7-5-33-6-8-37)18-23(19-34-29)36-11-13-41-14-12-36/h3-4,15-20,33,40H,5-14H2,1-2H3. The predicted molar refractivity (Wildman–Crippen MR) is 162 cm³/mol. The number of morpholine rings is 1. The maximum absolute atomic E-state index is 15.2. The minimum atomic E-state index is -0.501. The van der Waals surface area contributed by atoms with Gasteiger partial charge in [0, 0.05) is 63.5 Å². The number of aromatic hydroxyl groups is 1. The number of carbonyl (C=O) groups excluding carboxylic acids is 1. The molecule has 0 radical (unpaired) electrons. The zero-order chi connectivity index (χ0) is 28.9. The van der Waals surface area contributed by atoms with Gasteiger partial charge in [-0.25, -0.2) is 4.39 Å². The average molecular weight is 583 g/mol. The second-order valence-electron chi connectivity index (χ2n) is 10.5. The van der Waals surface area contributed by atoms with E-state index in [1.807, 2.05) is 19.0 Å². The number of pyridine rings is 1. The maximum atomic E-state index is 15.2. The van der Waals surface area contributed by atoms with Crippen LogP contribution < -0.4 is 20.0 Å². The molecule has 2 N–H and O–H groups in total. The molecule has 0 unspecified atom stereocenters. The number of carbonyl (C=O) groups is 1. The van der Waals surface area contributed by atoms with Gasteiger partial charge in [0.05, 0.1) is 47.2 Å². The number of nitrogens with one attached hydrogen (secondary N) is 1. The number of amides is 1. The molecule has 2 fully saturated rings. The summed E-state index contributed by atoms with van der Waals surface area (Å²) in [4.78, 5) is 24.5. The molecule has 0 saturated carbocycles. The van der Waals surface area contributed by atoms with Crippen LogP contribution in [0, 0.1) is 5.82 Å². The number of piperazine rings is 1. The highest BCUT2D eigenvalue weighted by Gasteiger charge is 2.24. The summed E-state index contributed by atoms with van der Waals surface area (Å²) in [6, 6.07) is 9.79. The highest BCUT2D eigenvalue weighted by Crippen LogP contribution is 2.43. The number of rotatable bonds is 9. The van der Waals surface area contributed by atoms with Crippen molar-refractivity contribution in [3.8, 4) is 28.1 Å². The van der Waals surface area contributed by atoms with Crippen molar-refractivity contribution < 1.29 is 19.0 Å². The van der Waals surface area contributed by atoms with Gasteiger partial charge in [-0.05, 0) is 50.0 Å². The first-order valence-electron chi connectivity index (χ1n) is 13.8. The number of benzene rings is 2. The Labute approximate surface area is 245 Å². The maximum Gasteiger partial charge on any atom is 0.214 e. The van der Waals surface area contributed by atoms with E-state index in [9.17, 15) is 9.90 Å². The second kappa shape index (κ2) is 13.0. The quantitative estimate of drug-likeness (QED) is 0.370. The Hall–Kier alpha value is -3.44. The molecule has 0 spiro atoms. The smallest absolute Gasteiger partial charge is 0.214 e. The lowest BCUT2D eigenvalue weighted by atomic mass is 9.97. The van der Waals surface area contributed by atoms with Crippen molar-refractivity contribution >= 4 is 35.1 Å². The van der Waals surface area contributed by atoms with Crippen LogP contribution in [-0.2, 0) is 9.53 Å². The van der Waals surface area contributed by atoms with Crippen LogP contribution in [0.2, 0.25) is 5.02 Å². The molecule has 2 saturated heterocycles. The largest absolute Gasteiger partial charge is 0.507 e. The van der Waals surface area contributed by atoms with Gasteiger partial charge in [-0.2, -0.15) is 0 Å². The van der Waals surface area contributed by atoms with Crippen molar-refractivity contribution in [3.05, 3.63) is 53.4 Å². The molecule has 2 aliphatic heterocycles. The fourth-order valence-corrected chi connectivity index (χ4v) is 5.53. The van der Waals surface area contributed by atoms with E-state index in [1.54, 1.807) is 24.4 Å². The molecule has 5 rings (SSSR count). The Kier molecular flexibility index (Phi) is 9.24. The van der Waals surface area contributed by atoms with E-state index in [-0.39, 0.29) is 5.75 Å². The van der Waals surface area contributed by atoms with Crippen LogP contribution in [0.3, 0.4) is 0 Å². The number of halogens is 2. The Balaban J connectivity index is 1.54. The van der Waals surface area contributed by atoms with Crippen LogP contribution in [0.25, 0.3) is 22.4 Å². The number of phenolic OH excluding ortho intramolecular Hbond substituents is 1. The Morgan fingerprint density at radius 1 is 1.05 bits per heavy atom. The zero-order valence-electron chi connectivity index (χ0n) is 23.4. The minimum Gasteiger partial charge on any atom is -0.507 e. The Morgan fingerprint density at radius 3 is 2.46 bits per heavy atom. The van der Waals surface area contributed by atoms with Gasteiger partial charge in [-0.3, -0.25) is 9.78 Å². The van der Waals surface area contributed by atoms with Crippen LogP contribution in [0.5, 0.6) is 5.75 Å². The summed E-state index contributed by atoms with van der Waals surface area (Å²) in [6.07, 6.45) is 2.52. The number of hydrogen-bond acceptors (Lipinski definition) is 8. The minimum absolute atomic E-state index is 0.0851. The molecule has 11 heteroatoms. The fourth-order valence-electron chi connectivity index (χ4n) is 5.24. The highest BCUT2D eigenvalue weighted by atomic mass is 35.5. The van der Waals surface area contributed by atoms with Crippen molar-refractivity contribution in [3.63, 3.8) is 0 Å². The summed E-state index contributed by atoms with van der Waals surface area (Å²) in [5.74, 6) is -0.586. The Bertz CT molecular complexity index is 1380. The first kappa shape index (κ1) is 29.1. The molecular formula is C30H36ClFN6O3. The third-order valence-electron chi connectivity index (χ3n) is 7.50. The normalized spacial score (nSPS) is 15.8. The SMILES string of the molecule is CN(C)CCN(C=O)c1ccc(-c2cc(F)cc(-c3ncc(N4CCOCC4)cc3N3CCNCC3)c2O)cc1Cl. The Morgan fingerprint density at radius 2 is 1.78 bits per heavy atom. The van der Waals surface area contributed by atoms with Gasteiger partial charge in [0.15, 0.2) is 0 Å². The molecule has 41 heavy (non-hydrogen) atoms. The number of likely N-dealkylation sites (N-methyl/N-ethyl adjacent to an activating group) is 1. The number of ether oxygens (including phenoxy) is 1. The van der Waals surface area contributed by atoms with Crippen LogP contribution in [0.4, 0.5) is 21.5 Å². The van der Waals surface area contributed by atoms with Crippen molar-refractivity contribution in [1.82, 2.24) is 15.2 Å². The average Bonchev–Trinajstić information content (AvgIpc) is 2.99. The van der Waals surface area contributed by atoms with Gasteiger partial charge in [-0.15, -0.1) is 0 Å². The van der Waals surface area contributed by atoms with Crippen LogP contribution >= 0.6 is 11.6 Å². The summed E-state index contributed by atoms with van der Waals surface area (Å²) >= 11 is 6.61. The molecule has 0 atom stereocenters. The molecule has 3 heterocycles. The van der Waals surface area contributed by atoms with Crippen LogP contribution in [0.15, 0.2) is 42.6 Å². The molecule has 1 aromatic heterocycles. The predicted octanol–water partition coefficient (Wildman–Crippen LogP) is 3.68. The topological polar surface area (TPSA) is 84.4 Å². The number of hydrogen-bond donors (Lipinski definition) is 2. The first-order valence-corrected chi connectivity index (χ1v) is 14.2. The molecule has 3 aromatic rings. The summed E-state index contributed by atoms with van der Waals surface area (Å²) < 4.78 is 20.7. The second-order valence-corrected chi connectivity index (χ2v) is 10.9. The third-order valence-corrected chi connectivity index (χ3v) is 7.80. The number of phenols is 1. The monoisotopic (exact) mass is 582 g/mol. The first-order chi connectivity index (χ1) is 19.9. The summed E-state index contributed by atoms with van der Waals surface area (Å²) in [5.41, 5.74) is 4.01. The molecular weight excluding hydrogens is 547 g/mol. The van der Waals surface area contributed by atoms with E-state index in [0.29, 0.717) is 59.4 Å². The van der Waals surface area contributed by atoms with E-state index in [4.69, 9.17) is 21.3 Å². The number of anilines is 3. The lowest BCUT2D eigenvalue weighted by Gasteiger charge is -2.33. The van der Waals surface area contributed by atoms with E-state index >= 15 is 4.39 Å². The van der Waals surface area contributed by atoms with Crippen molar-refractivity contribution in [1.29, 1.82) is 0 Å². The van der Waals surface area contributed by atoms with E-state index in [1.165, 1.54) is 17.0 Å². The van der Waals surface area contributed by atoms with E-state index in [0.717, 1.165) is 57.1 Å². The third kappa shape index (κ3) is 6.56. The molecule has 0 aliphatic carbocycles. The molecule has 2 aliphatic rings. The van der Waals surface area contributed by atoms with E-state index < -0.39 is 5.82 Å². The van der Waals surface area contributed by atoms with E-state index in [2.05, 4.69) is 21.2 Å². The van der Waals surface area contributed by atoms with Crippen molar-refractivity contribution in [2.24, 2.45) is 0 Å². The highest BCUT2D eigenvalue weighted by molar-refractivity contribution is 6.34. The zero-order valence-corrected chi connectivity index (χ0v) is 24.2. The van der Waals surface area contributed by atoms with Gasteiger partial charge >= 0.3 is 0 Å². The van der Waals surface area contributed by atoms with Crippen molar-refractivity contribution in [2.75, 3.05) is 94.4 Å². The van der Waals surface area contributed by atoms with Gasteiger partial charge < -0.3 is 34.8 Å². The van der Waals surface area contributed by atoms with Gasteiger partial charge in [0.2, 0.25) is 6.41 Å². The molecule has 0 bridgehead atoms. The van der Waals surface area contributed by atoms with Gasteiger partial charge in [-0.1, -0.05) is 17.7 Å². The summed E-state index contributed by atoms with van der Waals surface area (Å²) in [6.45, 7) is 7.14. The molecule has 218 valence electrons. The van der Waals surface area contributed by atoms with Crippen LogP contribution in [-0.4, -0.2) is 101 Å². The lowest BCUT2D eigenvalue weighted by molar-refractivity contribution is -0.107. The van der Waals surface area contributed by atoms with Gasteiger partial charge in [0.1, 0.15) is 11.6 Å². The van der Waals surface area contributed by atoms with Gasteiger partial charge in [0.25, 0.3) is 0 Å². The fraction of sp³-hybridized carbons (Fsp3) is 0.400. The van der Waals surface area contributed by atoms with Crippen LogP contribution in [0.1, 0.15) is 0 Å². The number of aromatic nitrogens is 1. The molecule has 9 nitrogen and oxygen atoms in total. The molecule has 2 aromatic carbocycles. The molecule has 1 amide bonds. The lowest BCUT2D eigenvalue weighted by Crippen LogP contribution is -2.44. The summed E-state index contributed by atoms with van der Waals surface area (Å²) in [7, 11) is 3.85.